The summed E-state index contributed by atoms with van der Waals surface area (Å²) in [6.07, 6.45) is 8.31. The van der Waals surface area contributed by atoms with Gasteiger partial charge in [-0.05, 0) is 94.9 Å². The van der Waals surface area contributed by atoms with E-state index in [2.05, 4.69) is 53.7 Å². The lowest BCUT2D eigenvalue weighted by atomic mass is 9.69. The van der Waals surface area contributed by atoms with Crippen molar-refractivity contribution in [1.82, 2.24) is 0 Å². The third-order valence-electron chi connectivity index (χ3n) is 8.04. The van der Waals surface area contributed by atoms with Gasteiger partial charge in [-0.1, -0.05) is 66.5 Å². The van der Waals surface area contributed by atoms with Crippen LogP contribution in [-0.2, 0) is 29.1 Å². The average molecular weight is 421 g/mol. The van der Waals surface area contributed by atoms with Crippen LogP contribution in [0.4, 0.5) is 0 Å². The molecule has 0 unspecified atom stereocenters. The Morgan fingerprint density at radius 1 is 0.677 bits per heavy atom. The summed E-state index contributed by atoms with van der Waals surface area (Å²) in [6.45, 7) is 13.9. The van der Waals surface area contributed by atoms with Gasteiger partial charge in [0.15, 0.2) is 0 Å². The van der Waals surface area contributed by atoms with Gasteiger partial charge in [-0.2, -0.15) is 0 Å². The third-order valence-corrected chi connectivity index (χ3v) is 8.04. The Balaban J connectivity index is 2.06. The zero-order valence-corrected chi connectivity index (χ0v) is 20.4. The van der Waals surface area contributed by atoms with Crippen molar-refractivity contribution in [3.63, 3.8) is 0 Å². The van der Waals surface area contributed by atoms with Crippen molar-refractivity contribution < 1.29 is 10.2 Å². The van der Waals surface area contributed by atoms with E-state index in [9.17, 15) is 10.2 Å². The molecule has 2 aliphatic rings. The molecule has 2 aliphatic carbocycles. The Morgan fingerprint density at radius 2 is 1.06 bits per heavy atom. The van der Waals surface area contributed by atoms with Crippen molar-refractivity contribution in [2.24, 2.45) is 0 Å². The van der Waals surface area contributed by atoms with Crippen LogP contribution < -0.4 is 0 Å². The van der Waals surface area contributed by atoms with Gasteiger partial charge in [-0.25, -0.2) is 0 Å². The quantitative estimate of drug-likeness (QED) is 0.510. The van der Waals surface area contributed by atoms with E-state index in [1.807, 2.05) is 12.1 Å². The molecule has 0 aromatic heterocycles. The number of phenols is 2. The number of fused-ring (bicyclic) bond motifs is 4. The molecule has 31 heavy (non-hydrogen) atoms. The monoisotopic (exact) mass is 420 g/mol. The molecule has 0 heterocycles. The predicted octanol–water partition coefficient (Wildman–Crippen LogP) is 7.43. The zero-order chi connectivity index (χ0) is 22.6. The lowest BCUT2D eigenvalue weighted by molar-refractivity contribution is 0.346. The van der Waals surface area contributed by atoms with E-state index in [4.69, 9.17) is 0 Å². The SMILES string of the molecule is CCCCc1c(O)ccc2c1C1(CC2(C)C)CC(C)(C)c2ccc(O)c(CCCC)c21. The maximum absolute atomic E-state index is 11.0. The summed E-state index contributed by atoms with van der Waals surface area (Å²) in [5.74, 6) is 0.900. The molecule has 0 aliphatic heterocycles. The number of hydrogen-bond donors (Lipinski definition) is 2. The first-order valence-electron chi connectivity index (χ1n) is 12.3. The summed E-state index contributed by atoms with van der Waals surface area (Å²) in [4.78, 5) is 0. The fraction of sp³-hybridized carbons (Fsp3) is 0.586. The van der Waals surface area contributed by atoms with Crippen LogP contribution in [0.25, 0.3) is 0 Å². The van der Waals surface area contributed by atoms with E-state index in [0.717, 1.165) is 62.5 Å². The summed E-state index contributed by atoms with van der Waals surface area (Å²) in [5, 5.41) is 22.0. The Morgan fingerprint density at radius 3 is 1.42 bits per heavy atom. The molecule has 0 atom stereocenters. The molecule has 4 rings (SSSR count). The number of hydrogen-bond acceptors (Lipinski definition) is 2. The Bertz CT molecular complexity index is 915. The van der Waals surface area contributed by atoms with E-state index >= 15 is 0 Å². The van der Waals surface area contributed by atoms with Crippen LogP contribution in [0.3, 0.4) is 0 Å². The second kappa shape index (κ2) is 7.57. The van der Waals surface area contributed by atoms with Crippen LogP contribution >= 0.6 is 0 Å². The maximum Gasteiger partial charge on any atom is 0.119 e. The summed E-state index contributed by atoms with van der Waals surface area (Å²) in [7, 11) is 0. The fourth-order valence-electron chi connectivity index (χ4n) is 6.95. The highest BCUT2D eigenvalue weighted by Gasteiger charge is 2.58. The summed E-state index contributed by atoms with van der Waals surface area (Å²) in [6, 6.07) is 8.20. The minimum Gasteiger partial charge on any atom is -0.508 e. The molecule has 1 spiro atoms. The summed E-state index contributed by atoms with van der Waals surface area (Å²) >= 11 is 0. The highest BCUT2D eigenvalue weighted by Crippen LogP contribution is 2.65. The zero-order valence-electron chi connectivity index (χ0n) is 20.4. The van der Waals surface area contributed by atoms with E-state index in [-0.39, 0.29) is 16.2 Å². The van der Waals surface area contributed by atoms with Gasteiger partial charge in [0.2, 0.25) is 0 Å². The van der Waals surface area contributed by atoms with E-state index in [0.29, 0.717) is 11.5 Å². The normalized spacial score (nSPS) is 19.5. The molecule has 0 bridgehead atoms. The van der Waals surface area contributed by atoms with Crippen LogP contribution in [0, 0.1) is 0 Å². The van der Waals surface area contributed by atoms with Gasteiger partial charge in [-0.15, -0.1) is 0 Å². The van der Waals surface area contributed by atoms with Crippen LogP contribution in [0.1, 0.15) is 113 Å². The van der Waals surface area contributed by atoms with Crippen molar-refractivity contribution >= 4 is 0 Å². The first kappa shape index (κ1) is 22.2. The second-order valence-corrected chi connectivity index (χ2v) is 11.4. The maximum atomic E-state index is 11.0. The van der Waals surface area contributed by atoms with Gasteiger partial charge in [0.05, 0.1) is 0 Å². The number of benzene rings is 2. The van der Waals surface area contributed by atoms with Gasteiger partial charge < -0.3 is 10.2 Å². The minimum atomic E-state index is -0.138. The van der Waals surface area contributed by atoms with Crippen LogP contribution in [0.5, 0.6) is 11.5 Å². The van der Waals surface area contributed by atoms with Crippen molar-refractivity contribution in [3.8, 4) is 11.5 Å². The highest BCUT2D eigenvalue weighted by atomic mass is 16.3. The molecule has 0 radical (unpaired) electrons. The van der Waals surface area contributed by atoms with E-state index < -0.39 is 0 Å². The molecular weight excluding hydrogens is 380 g/mol. The third kappa shape index (κ3) is 3.29. The van der Waals surface area contributed by atoms with Crippen molar-refractivity contribution in [2.75, 3.05) is 0 Å². The standard InChI is InChI=1S/C29H40O2/c1-7-9-11-19-23(30)15-13-21-25(19)29(17-27(21,3)4)18-28(5,6)22-14-16-24(31)20(26(22)29)12-10-8-2/h13-16,30-31H,7-12,17-18H2,1-6H3. The van der Waals surface area contributed by atoms with Crippen molar-refractivity contribution in [1.29, 1.82) is 0 Å². The van der Waals surface area contributed by atoms with Crippen LogP contribution in [0.2, 0.25) is 0 Å². The van der Waals surface area contributed by atoms with E-state index in [1.54, 1.807) is 0 Å². The van der Waals surface area contributed by atoms with Gasteiger partial charge in [0.25, 0.3) is 0 Å². The largest absolute Gasteiger partial charge is 0.508 e. The molecule has 2 aromatic rings. The molecular formula is C29H40O2. The smallest absolute Gasteiger partial charge is 0.119 e. The average Bonchev–Trinajstić information content (AvgIpc) is 3.06. The lowest BCUT2D eigenvalue weighted by Crippen LogP contribution is -2.28. The Hall–Kier alpha value is -1.96. The van der Waals surface area contributed by atoms with Gasteiger partial charge in [0, 0.05) is 5.41 Å². The van der Waals surface area contributed by atoms with Gasteiger partial charge >= 0.3 is 0 Å². The fourth-order valence-corrected chi connectivity index (χ4v) is 6.95. The summed E-state index contributed by atoms with van der Waals surface area (Å²) < 4.78 is 0. The van der Waals surface area contributed by atoms with Crippen molar-refractivity contribution in [2.45, 2.75) is 109 Å². The topological polar surface area (TPSA) is 40.5 Å². The first-order valence-corrected chi connectivity index (χ1v) is 12.3. The molecule has 2 nitrogen and oxygen atoms in total. The molecule has 0 amide bonds. The Kier molecular flexibility index (Phi) is 5.43. The number of unbranched alkanes of at least 4 members (excludes halogenated alkanes) is 2. The van der Waals surface area contributed by atoms with Gasteiger partial charge in [0.1, 0.15) is 11.5 Å². The lowest BCUT2D eigenvalue weighted by Gasteiger charge is -2.33. The molecule has 2 aromatic carbocycles. The number of aromatic hydroxyl groups is 2. The molecule has 0 saturated carbocycles. The molecule has 2 heteroatoms. The number of rotatable bonds is 6. The molecule has 2 N–H and O–H groups in total. The summed E-state index contributed by atoms with van der Waals surface area (Å²) in [5.41, 5.74) is 7.78. The number of phenolic OH excluding ortho intramolecular Hbond substituents is 2. The predicted molar refractivity (Wildman–Crippen MR) is 130 cm³/mol. The molecule has 168 valence electrons. The van der Waals surface area contributed by atoms with E-state index in [1.165, 1.54) is 22.3 Å². The minimum absolute atomic E-state index is 0.0369. The molecule has 0 saturated heterocycles. The Labute approximate surface area is 188 Å². The van der Waals surface area contributed by atoms with Crippen LogP contribution in [-0.4, -0.2) is 10.2 Å². The highest BCUT2D eigenvalue weighted by molar-refractivity contribution is 5.67. The molecule has 0 fully saturated rings. The van der Waals surface area contributed by atoms with Crippen molar-refractivity contribution in [3.05, 3.63) is 57.6 Å². The first-order chi connectivity index (χ1) is 14.6. The second-order valence-electron chi connectivity index (χ2n) is 11.4. The van der Waals surface area contributed by atoms with Crippen LogP contribution in [0.15, 0.2) is 24.3 Å². The van der Waals surface area contributed by atoms with Gasteiger partial charge in [-0.3, -0.25) is 0 Å².